The Morgan fingerprint density at radius 1 is 0.524 bits per heavy atom. The van der Waals surface area contributed by atoms with E-state index in [0.29, 0.717) is 5.39 Å². The van der Waals surface area contributed by atoms with Gasteiger partial charge < -0.3 is 9.47 Å². The van der Waals surface area contributed by atoms with Gasteiger partial charge in [-0.1, -0.05) is 110 Å². The predicted molar refractivity (Wildman–Crippen MR) is 173 cm³/mol. The minimum atomic E-state index is -0.448. The number of nitrogens with zero attached hydrogens (tertiary/aromatic N) is 2. The van der Waals surface area contributed by atoms with E-state index in [-0.39, 0.29) is 5.56 Å². The second kappa shape index (κ2) is 8.08. The van der Waals surface area contributed by atoms with Gasteiger partial charge in [0.05, 0.1) is 22.5 Å². The van der Waals surface area contributed by atoms with Gasteiger partial charge in [0.2, 0.25) is 0 Å². The van der Waals surface area contributed by atoms with Crippen LogP contribution in [0.1, 0.15) is 22.3 Å². The molecule has 7 aromatic rings. The molecule has 1 aliphatic heterocycles. The lowest BCUT2D eigenvalue weighted by atomic mass is 9.64. The van der Waals surface area contributed by atoms with Crippen LogP contribution in [0.4, 0.5) is 17.1 Å². The number of anilines is 3. The van der Waals surface area contributed by atoms with Crippen LogP contribution in [0.2, 0.25) is 0 Å². The van der Waals surface area contributed by atoms with Crippen LogP contribution in [0.25, 0.3) is 39.3 Å². The maximum absolute atomic E-state index is 13.4. The monoisotopic (exact) mass is 538 g/mol. The fourth-order valence-electron chi connectivity index (χ4n) is 7.81. The van der Waals surface area contributed by atoms with Gasteiger partial charge in [-0.15, -0.1) is 0 Å². The van der Waals surface area contributed by atoms with Gasteiger partial charge in [-0.05, 0) is 57.6 Å². The number of fused-ring (bicyclic) bond motifs is 9. The molecule has 3 nitrogen and oxygen atoms in total. The van der Waals surface area contributed by atoms with Gasteiger partial charge in [0.1, 0.15) is 0 Å². The lowest BCUT2D eigenvalue weighted by Gasteiger charge is -2.45. The number of rotatable bonds is 1. The van der Waals surface area contributed by atoms with Crippen molar-refractivity contribution in [3.8, 4) is 11.1 Å². The summed E-state index contributed by atoms with van der Waals surface area (Å²) < 4.78 is 1.65. The summed E-state index contributed by atoms with van der Waals surface area (Å²) in [7, 11) is 1.80. The van der Waals surface area contributed by atoms with E-state index in [1.165, 1.54) is 33.4 Å². The first-order valence-corrected chi connectivity index (χ1v) is 14.3. The second-order valence-electron chi connectivity index (χ2n) is 11.4. The minimum absolute atomic E-state index is 0.0205. The third kappa shape index (κ3) is 2.64. The van der Waals surface area contributed by atoms with E-state index in [2.05, 4.69) is 133 Å². The molecule has 0 saturated heterocycles. The number of aromatic nitrogens is 1. The van der Waals surface area contributed by atoms with Gasteiger partial charge in [0, 0.05) is 33.9 Å². The van der Waals surface area contributed by atoms with Crippen molar-refractivity contribution >= 4 is 45.2 Å². The fraction of sp³-hybridized carbons (Fsp3) is 0.0513. The summed E-state index contributed by atoms with van der Waals surface area (Å²) >= 11 is 0. The van der Waals surface area contributed by atoms with Gasteiger partial charge in [0.15, 0.2) is 0 Å². The molecule has 0 fully saturated rings. The molecule has 0 N–H and O–H groups in total. The molecular formula is C39H26N2O. The molecule has 0 bridgehead atoms. The summed E-state index contributed by atoms with van der Waals surface area (Å²) in [5.41, 5.74) is 10.6. The van der Waals surface area contributed by atoms with E-state index in [0.717, 1.165) is 38.6 Å². The number of para-hydroxylation sites is 2. The standard InChI is InChI=1S/C39H26N2O/c1-24-25-14-11-15-28-34(23-22-29(37(25)28)38(42)40(24)2)41-35-20-9-7-18-32(35)39(33-19-8-10-21-36(33)41)30-16-5-3-12-26(30)27-13-4-6-17-31(27)39/h3-23H,1H2,2H3. The van der Waals surface area contributed by atoms with E-state index in [9.17, 15) is 4.79 Å². The predicted octanol–water partition coefficient (Wildman–Crippen LogP) is 7.97. The normalized spacial score (nSPS) is 14.2. The average molecular weight is 539 g/mol. The molecule has 0 atom stereocenters. The minimum Gasteiger partial charge on any atom is -0.311 e. The van der Waals surface area contributed by atoms with E-state index in [1.807, 2.05) is 6.07 Å². The lowest BCUT2D eigenvalue weighted by Crippen LogP contribution is -2.36. The molecule has 0 amide bonds. The van der Waals surface area contributed by atoms with Gasteiger partial charge in [-0.2, -0.15) is 0 Å². The van der Waals surface area contributed by atoms with E-state index in [4.69, 9.17) is 0 Å². The largest absolute Gasteiger partial charge is 0.311 e. The second-order valence-corrected chi connectivity index (χ2v) is 11.4. The number of pyridine rings is 1. The van der Waals surface area contributed by atoms with Crippen LogP contribution in [0, 0.1) is 0 Å². The van der Waals surface area contributed by atoms with Crippen LogP contribution in [-0.2, 0) is 12.5 Å². The zero-order valence-electron chi connectivity index (χ0n) is 23.1. The first kappa shape index (κ1) is 23.3. The molecule has 2 heterocycles. The highest BCUT2D eigenvalue weighted by atomic mass is 16.1. The molecule has 1 aromatic heterocycles. The topological polar surface area (TPSA) is 25.2 Å². The van der Waals surface area contributed by atoms with Gasteiger partial charge >= 0.3 is 0 Å². The Balaban J connectivity index is 1.44. The van der Waals surface area contributed by atoms with Crippen molar-refractivity contribution < 1.29 is 0 Å². The molecule has 2 aliphatic rings. The molecule has 3 heteroatoms. The molecule has 42 heavy (non-hydrogen) atoms. The van der Waals surface area contributed by atoms with Crippen molar-refractivity contribution in [3.05, 3.63) is 165 Å². The summed E-state index contributed by atoms with van der Waals surface area (Å²) in [6.07, 6.45) is 0. The molecule has 6 aromatic carbocycles. The number of hydrogen-bond donors (Lipinski definition) is 0. The SMILES string of the molecule is C=c1c2cccc3c(N4c5ccccc5C5(c6ccccc6-c6ccccc65)c5ccccc54)ccc(c(=O)n1C)c32. The molecular weight excluding hydrogens is 512 g/mol. The van der Waals surface area contributed by atoms with E-state index >= 15 is 0 Å². The molecule has 198 valence electrons. The van der Waals surface area contributed by atoms with Crippen LogP contribution in [0.3, 0.4) is 0 Å². The third-order valence-corrected chi connectivity index (χ3v) is 9.56. The Morgan fingerprint density at radius 3 is 1.67 bits per heavy atom. The van der Waals surface area contributed by atoms with Crippen molar-refractivity contribution in [2.24, 2.45) is 7.05 Å². The summed E-state index contributed by atoms with van der Waals surface area (Å²) in [4.78, 5) is 15.7. The van der Waals surface area contributed by atoms with Crippen molar-refractivity contribution in [1.82, 2.24) is 4.57 Å². The molecule has 0 unspecified atom stereocenters. The Hall–Kier alpha value is -5.41. The Morgan fingerprint density at radius 2 is 1.05 bits per heavy atom. The zero-order valence-corrected chi connectivity index (χ0v) is 23.1. The van der Waals surface area contributed by atoms with Gasteiger partial charge in [-0.3, -0.25) is 4.79 Å². The summed E-state index contributed by atoms with van der Waals surface area (Å²) in [6, 6.07) is 45.8. The molecule has 9 rings (SSSR count). The van der Waals surface area contributed by atoms with Gasteiger partial charge in [-0.25, -0.2) is 0 Å². The summed E-state index contributed by atoms with van der Waals surface area (Å²) in [5.74, 6) is 0. The first-order chi connectivity index (χ1) is 20.6. The molecule has 1 spiro atoms. The van der Waals surface area contributed by atoms with Crippen molar-refractivity contribution in [2.75, 3.05) is 4.90 Å². The first-order valence-electron chi connectivity index (χ1n) is 14.3. The van der Waals surface area contributed by atoms with Crippen LogP contribution in [0.15, 0.2) is 132 Å². The van der Waals surface area contributed by atoms with Crippen LogP contribution >= 0.6 is 0 Å². The van der Waals surface area contributed by atoms with Crippen LogP contribution in [-0.4, -0.2) is 4.57 Å². The van der Waals surface area contributed by atoms with Gasteiger partial charge in [0.25, 0.3) is 5.56 Å². The van der Waals surface area contributed by atoms with Crippen LogP contribution in [0.5, 0.6) is 0 Å². The average Bonchev–Trinajstić information content (AvgIpc) is 3.34. The van der Waals surface area contributed by atoms with Crippen molar-refractivity contribution in [3.63, 3.8) is 0 Å². The smallest absolute Gasteiger partial charge is 0.258 e. The Kier molecular flexibility index (Phi) is 4.49. The maximum Gasteiger partial charge on any atom is 0.258 e. The maximum atomic E-state index is 13.4. The molecule has 0 saturated carbocycles. The zero-order chi connectivity index (χ0) is 28.2. The highest BCUT2D eigenvalue weighted by molar-refractivity contribution is 6.16. The van der Waals surface area contributed by atoms with Crippen molar-refractivity contribution in [1.29, 1.82) is 0 Å². The number of hydrogen-bond acceptors (Lipinski definition) is 2. The van der Waals surface area contributed by atoms with E-state index in [1.54, 1.807) is 11.6 Å². The fourth-order valence-corrected chi connectivity index (χ4v) is 7.81. The molecule has 1 aliphatic carbocycles. The van der Waals surface area contributed by atoms with Crippen LogP contribution < -0.4 is 15.8 Å². The summed E-state index contributed by atoms with van der Waals surface area (Å²) in [6.45, 7) is 4.27. The molecule has 0 radical (unpaired) electrons. The van der Waals surface area contributed by atoms with E-state index < -0.39 is 5.41 Å². The summed E-state index contributed by atoms with van der Waals surface area (Å²) in [5, 5.41) is 4.45. The highest BCUT2D eigenvalue weighted by Crippen LogP contribution is 2.63. The Labute approximate surface area is 243 Å². The lowest BCUT2D eigenvalue weighted by molar-refractivity contribution is 0.753. The Bertz CT molecular complexity index is 2250. The van der Waals surface area contributed by atoms with Crippen molar-refractivity contribution in [2.45, 2.75) is 5.41 Å². The quantitative estimate of drug-likeness (QED) is 0.212. The third-order valence-electron chi connectivity index (χ3n) is 9.56. The highest BCUT2D eigenvalue weighted by Gasteiger charge is 2.51. The number of benzene rings is 6.